The molecule has 162 valence electrons. The summed E-state index contributed by atoms with van der Waals surface area (Å²) in [5.74, 6) is 1.56. The molecule has 0 spiro atoms. The van der Waals surface area contributed by atoms with Crippen LogP contribution in [0.4, 0.5) is 0 Å². The molecule has 0 radical (unpaired) electrons. The van der Waals surface area contributed by atoms with Crippen LogP contribution in [0.5, 0.6) is 5.75 Å². The molecule has 0 unspecified atom stereocenters. The third-order valence-corrected chi connectivity index (χ3v) is 8.37. The van der Waals surface area contributed by atoms with Gasteiger partial charge in [-0.15, -0.1) is 0 Å². The monoisotopic (exact) mass is 428 g/mol. The van der Waals surface area contributed by atoms with E-state index >= 15 is 0 Å². The van der Waals surface area contributed by atoms with Crippen LogP contribution >= 0.6 is 0 Å². The Kier molecular flexibility index (Phi) is 6.42. The molecule has 1 fully saturated rings. The largest absolute Gasteiger partial charge is 0.493 e. The van der Waals surface area contributed by atoms with Gasteiger partial charge in [0.05, 0.1) is 17.1 Å². The van der Waals surface area contributed by atoms with Gasteiger partial charge >= 0.3 is 0 Å². The number of hydrogen-bond acceptors (Lipinski definition) is 4. The first-order chi connectivity index (χ1) is 14.0. The minimum Gasteiger partial charge on any atom is -0.493 e. The summed E-state index contributed by atoms with van der Waals surface area (Å²) in [6, 6.07) is 10.9. The van der Waals surface area contributed by atoms with E-state index in [1.54, 1.807) is 45.0 Å². The second kappa shape index (κ2) is 8.54. The third-order valence-electron chi connectivity index (χ3n) is 5.79. The number of aryl methyl sites for hydroxylation is 1. The highest BCUT2D eigenvalue weighted by molar-refractivity contribution is 7.91. The van der Waals surface area contributed by atoms with Crippen molar-refractivity contribution in [2.24, 2.45) is 5.92 Å². The van der Waals surface area contributed by atoms with Gasteiger partial charge in [-0.25, -0.2) is 8.42 Å². The summed E-state index contributed by atoms with van der Waals surface area (Å²) in [5, 5.41) is 0. The quantitative estimate of drug-likeness (QED) is 0.540. The summed E-state index contributed by atoms with van der Waals surface area (Å²) in [7, 11) is -3.25. The van der Waals surface area contributed by atoms with Crippen LogP contribution in [0.25, 0.3) is 0 Å². The number of hydrogen-bond donors (Lipinski definition) is 0. The highest BCUT2D eigenvalue weighted by Crippen LogP contribution is 2.33. The van der Waals surface area contributed by atoms with Crippen LogP contribution in [0, 0.1) is 19.8 Å². The Balaban J connectivity index is 1.71. The van der Waals surface area contributed by atoms with E-state index in [-0.39, 0.29) is 11.5 Å². The van der Waals surface area contributed by atoms with Crippen LogP contribution in [0.2, 0.25) is 0 Å². The summed E-state index contributed by atoms with van der Waals surface area (Å²) >= 11 is 0. The van der Waals surface area contributed by atoms with Gasteiger partial charge in [-0.05, 0) is 75.6 Å². The van der Waals surface area contributed by atoms with Crippen LogP contribution in [0.1, 0.15) is 66.2 Å². The first-order valence-corrected chi connectivity index (χ1v) is 12.2. The van der Waals surface area contributed by atoms with Gasteiger partial charge in [-0.1, -0.05) is 36.4 Å². The Hall–Kier alpha value is -2.14. The van der Waals surface area contributed by atoms with Crippen LogP contribution in [0.3, 0.4) is 0 Å². The lowest BCUT2D eigenvalue weighted by Gasteiger charge is -2.19. The molecule has 1 saturated carbocycles. The van der Waals surface area contributed by atoms with Crippen LogP contribution in [0.15, 0.2) is 36.4 Å². The molecular formula is C25H32O4S. The fourth-order valence-corrected chi connectivity index (χ4v) is 4.33. The lowest BCUT2D eigenvalue weighted by atomic mass is 9.96. The van der Waals surface area contributed by atoms with Gasteiger partial charge in [0.1, 0.15) is 5.75 Å². The molecule has 1 aliphatic carbocycles. The molecular weight excluding hydrogens is 396 g/mol. The second-order valence-electron chi connectivity index (χ2n) is 9.42. The molecule has 1 aliphatic rings. The smallest absolute Gasteiger partial charge is 0.167 e. The normalized spacial score (nSPS) is 14.6. The molecule has 0 aliphatic heterocycles. The predicted molar refractivity (Wildman–Crippen MR) is 121 cm³/mol. The minimum absolute atomic E-state index is 0.0142. The molecule has 0 heterocycles. The summed E-state index contributed by atoms with van der Waals surface area (Å²) < 4.78 is 30.0. The number of carbonyl (C=O) groups excluding carboxylic acids is 1. The van der Waals surface area contributed by atoms with Crippen molar-refractivity contribution in [2.75, 3.05) is 6.61 Å². The number of rotatable bonds is 8. The Morgan fingerprint density at radius 2 is 1.67 bits per heavy atom. The first kappa shape index (κ1) is 22.5. The Bertz CT molecular complexity index is 1020. The summed E-state index contributed by atoms with van der Waals surface area (Å²) in [6.45, 7) is 9.90. The maximum atomic E-state index is 12.8. The van der Waals surface area contributed by atoms with Gasteiger partial charge in [-0.3, -0.25) is 4.79 Å². The molecule has 5 heteroatoms. The second-order valence-corrected chi connectivity index (χ2v) is 12.2. The van der Waals surface area contributed by atoms with Crippen LogP contribution in [-0.2, 0) is 22.0 Å². The maximum Gasteiger partial charge on any atom is 0.167 e. The maximum absolute atomic E-state index is 12.8. The molecule has 0 bridgehead atoms. The van der Waals surface area contributed by atoms with E-state index in [0.29, 0.717) is 23.5 Å². The van der Waals surface area contributed by atoms with Crippen molar-refractivity contribution in [3.05, 3.63) is 64.2 Å². The van der Waals surface area contributed by atoms with Gasteiger partial charge in [0.25, 0.3) is 0 Å². The number of ether oxygens (including phenoxy) is 1. The number of ketones is 1. The minimum atomic E-state index is -3.25. The fourth-order valence-electron chi connectivity index (χ4n) is 3.26. The van der Waals surface area contributed by atoms with E-state index in [4.69, 9.17) is 4.74 Å². The number of benzene rings is 2. The Labute approximate surface area is 180 Å². The average molecular weight is 429 g/mol. The Morgan fingerprint density at radius 3 is 2.23 bits per heavy atom. The van der Waals surface area contributed by atoms with E-state index in [1.165, 1.54) is 12.8 Å². The van der Waals surface area contributed by atoms with E-state index in [9.17, 15) is 13.2 Å². The molecule has 2 aromatic carbocycles. The molecule has 30 heavy (non-hydrogen) atoms. The van der Waals surface area contributed by atoms with Gasteiger partial charge < -0.3 is 4.74 Å². The first-order valence-electron chi connectivity index (χ1n) is 10.5. The summed E-state index contributed by atoms with van der Waals surface area (Å²) in [5.41, 5.74) is 4.37. The van der Waals surface area contributed by atoms with Gasteiger partial charge in [-0.2, -0.15) is 0 Å². The zero-order valence-electron chi connectivity index (χ0n) is 18.6. The van der Waals surface area contributed by atoms with Gasteiger partial charge in [0.2, 0.25) is 0 Å². The van der Waals surface area contributed by atoms with E-state index < -0.39 is 14.6 Å². The molecule has 2 aromatic rings. The van der Waals surface area contributed by atoms with Crippen molar-refractivity contribution < 1.29 is 17.9 Å². The standard InChI is InChI=1S/C25H32O4S/c1-17-6-11-22(18(2)24(17)29-15-19-7-8-19)14-23(26)21-12-9-20(10-13-21)16-30(27,28)25(3,4)5/h6,9-13,19H,7-8,14-16H2,1-5H3. The van der Waals surface area contributed by atoms with Crippen molar-refractivity contribution >= 4 is 15.6 Å². The number of carbonyl (C=O) groups is 1. The van der Waals surface area contributed by atoms with Crippen molar-refractivity contribution in [2.45, 2.75) is 64.4 Å². The topological polar surface area (TPSA) is 60.4 Å². The van der Waals surface area contributed by atoms with Crippen molar-refractivity contribution in [1.82, 2.24) is 0 Å². The molecule has 0 saturated heterocycles. The highest BCUT2D eigenvalue weighted by Gasteiger charge is 2.29. The third kappa shape index (κ3) is 5.31. The van der Waals surface area contributed by atoms with E-state index in [2.05, 4.69) is 0 Å². The average Bonchev–Trinajstić information content (AvgIpc) is 3.47. The van der Waals surface area contributed by atoms with E-state index in [0.717, 1.165) is 29.0 Å². The van der Waals surface area contributed by atoms with Crippen molar-refractivity contribution in [3.63, 3.8) is 0 Å². The van der Waals surface area contributed by atoms with Crippen molar-refractivity contribution in [1.29, 1.82) is 0 Å². The molecule has 0 N–H and O–H groups in total. The van der Waals surface area contributed by atoms with Crippen LogP contribution in [-0.4, -0.2) is 25.6 Å². The van der Waals surface area contributed by atoms with Gasteiger partial charge in [0, 0.05) is 12.0 Å². The highest BCUT2D eigenvalue weighted by atomic mass is 32.2. The SMILES string of the molecule is Cc1ccc(CC(=O)c2ccc(CS(=O)(=O)C(C)(C)C)cc2)c(C)c1OCC1CC1. The predicted octanol–water partition coefficient (Wildman–Crippen LogP) is 5.23. The Morgan fingerprint density at radius 1 is 1.03 bits per heavy atom. The molecule has 0 aromatic heterocycles. The molecule has 0 amide bonds. The zero-order chi connectivity index (χ0) is 22.1. The van der Waals surface area contributed by atoms with E-state index in [1.807, 2.05) is 26.0 Å². The summed E-state index contributed by atoms with van der Waals surface area (Å²) in [4.78, 5) is 12.8. The number of Topliss-reactive ketones (excluding diaryl/α,β-unsaturated/α-hetero) is 1. The molecule has 0 atom stereocenters. The molecule has 3 rings (SSSR count). The van der Waals surface area contributed by atoms with Gasteiger partial charge in [0.15, 0.2) is 15.6 Å². The zero-order valence-corrected chi connectivity index (χ0v) is 19.4. The van der Waals surface area contributed by atoms with Crippen molar-refractivity contribution in [3.8, 4) is 5.75 Å². The lowest BCUT2D eigenvalue weighted by molar-refractivity contribution is 0.0992. The fraction of sp³-hybridized carbons (Fsp3) is 0.480. The van der Waals surface area contributed by atoms with Crippen LogP contribution < -0.4 is 4.74 Å². The molecule has 4 nitrogen and oxygen atoms in total. The summed E-state index contributed by atoms with van der Waals surface area (Å²) in [6.07, 6.45) is 2.78. The number of sulfone groups is 1. The lowest BCUT2D eigenvalue weighted by Crippen LogP contribution is -2.29.